The molecule has 106 valence electrons. The van der Waals surface area contributed by atoms with Crippen molar-refractivity contribution in [1.82, 2.24) is 15.1 Å². The van der Waals surface area contributed by atoms with E-state index >= 15 is 0 Å². The summed E-state index contributed by atoms with van der Waals surface area (Å²) in [6, 6.07) is -0.607. The fraction of sp³-hybridized carbons (Fsp3) is 0.400. The molecule has 1 aromatic rings. The fourth-order valence-corrected chi connectivity index (χ4v) is 5.39. The largest absolute Gasteiger partial charge is 0.477 e. The zero-order valence-electron chi connectivity index (χ0n) is 10.3. The highest BCUT2D eigenvalue weighted by Crippen LogP contribution is 2.44. The van der Waals surface area contributed by atoms with Crippen molar-refractivity contribution in [3.05, 3.63) is 15.6 Å². The number of rotatable bonds is 3. The molecule has 3 heterocycles. The number of aromatic nitrogens is 2. The number of aryl methyl sites for hydroxylation is 1. The van der Waals surface area contributed by atoms with Gasteiger partial charge in [0, 0.05) is 10.7 Å². The number of thioether (sulfide) groups is 2. The molecule has 0 saturated carbocycles. The monoisotopic (exact) mass is 330 g/mol. The first-order valence-electron chi connectivity index (χ1n) is 5.63. The van der Waals surface area contributed by atoms with Crippen LogP contribution in [-0.4, -0.2) is 49.2 Å². The van der Waals surface area contributed by atoms with Crippen LogP contribution < -0.4 is 5.73 Å². The Labute approximate surface area is 126 Å². The Bertz CT molecular complexity index is 629. The number of nitrogens with two attached hydrogens (primary N) is 1. The first-order valence-corrected chi connectivity index (χ1v) is 8.32. The molecule has 3 rings (SSSR count). The minimum absolute atomic E-state index is 0.0262. The van der Waals surface area contributed by atoms with E-state index in [0.717, 1.165) is 5.01 Å². The molecule has 0 unspecified atom stereocenters. The van der Waals surface area contributed by atoms with Gasteiger partial charge in [-0.3, -0.25) is 9.69 Å². The minimum Gasteiger partial charge on any atom is -0.477 e. The molecule has 0 radical (unpaired) electrons. The number of hydrogen-bond donors (Lipinski definition) is 2. The van der Waals surface area contributed by atoms with Gasteiger partial charge < -0.3 is 10.8 Å². The predicted molar refractivity (Wildman–Crippen MR) is 76.2 cm³/mol. The number of carboxylic acid groups (broad SMARTS) is 1. The number of hydrogen-bond acceptors (Lipinski definition) is 8. The number of nitrogens with zero attached hydrogens (tertiary/aromatic N) is 3. The van der Waals surface area contributed by atoms with E-state index < -0.39 is 12.0 Å². The third kappa shape index (κ3) is 2.12. The SMILES string of the molecule is Cc1nnc(SC2=C(C(=O)O)N3C(=O)[C@@H](N)[C@H]3SC2)s1. The molecular formula is C10H10N4O3S3. The number of aliphatic carboxylic acids is 1. The highest BCUT2D eigenvalue weighted by atomic mass is 32.2. The van der Waals surface area contributed by atoms with Gasteiger partial charge in [0.2, 0.25) is 5.91 Å². The number of fused-ring (bicyclic) bond motifs is 1. The minimum atomic E-state index is -1.11. The average Bonchev–Trinajstić information content (AvgIpc) is 2.82. The molecule has 7 nitrogen and oxygen atoms in total. The van der Waals surface area contributed by atoms with Crippen LogP contribution in [0, 0.1) is 6.92 Å². The van der Waals surface area contributed by atoms with E-state index in [9.17, 15) is 14.7 Å². The molecule has 1 amide bonds. The number of β-lactam (4-membered cyclic amide) rings is 1. The van der Waals surface area contributed by atoms with Crippen LogP contribution in [0.25, 0.3) is 0 Å². The Morgan fingerprint density at radius 1 is 1.55 bits per heavy atom. The lowest BCUT2D eigenvalue weighted by atomic mass is 10.1. The van der Waals surface area contributed by atoms with Gasteiger partial charge in [0.1, 0.15) is 22.1 Å². The van der Waals surface area contributed by atoms with Crippen LogP contribution in [0.15, 0.2) is 14.9 Å². The van der Waals surface area contributed by atoms with Crippen molar-refractivity contribution >= 4 is 46.7 Å². The van der Waals surface area contributed by atoms with Gasteiger partial charge in [-0.05, 0) is 6.92 Å². The lowest BCUT2D eigenvalue weighted by molar-refractivity contribution is -0.147. The Morgan fingerprint density at radius 2 is 2.30 bits per heavy atom. The normalized spacial score (nSPS) is 25.5. The molecule has 1 fully saturated rings. The summed E-state index contributed by atoms with van der Waals surface area (Å²) in [5, 5.41) is 17.8. The Hall–Kier alpha value is -1.10. The first-order chi connectivity index (χ1) is 9.49. The van der Waals surface area contributed by atoms with Gasteiger partial charge in [-0.1, -0.05) is 23.1 Å². The van der Waals surface area contributed by atoms with Crippen molar-refractivity contribution in [1.29, 1.82) is 0 Å². The van der Waals surface area contributed by atoms with Gasteiger partial charge in [0.25, 0.3) is 0 Å². The van der Waals surface area contributed by atoms with Crippen LogP contribution in [0.1, 0.15) is 5.01 Å². The molecule has 2 atom stereocenters. The topological polar surface area (TPSA) is 109 Å². The third-order valence-electron chi connectivity index (χ3n) is 2.90. The molecule has 0 bridgehead atoms. The van der Waals surface area contributed by atoms with Crippen molar-refractivity contribution < 1.29 is 14.7 Å². The second-order valence-corrected chi connectivity index (χ2v) is 7.83. The van der Waals surface area contributed by atoms with Crippen LogP contribution in [0.3, 0.4) is 0 Å². The molecule has 2 aliphatic rings. The highest BCUT2D eigenvalue weighted by molar-refractivity contribution is 8.07. The van der Waals surface area contributed by atoms with Gasteiger partial charge in [-0.2, -0.15) is 0 Å². The zero-order valence-corrected chi connectivity index (χ0v) is 12.7. The summed E-state index contributed by atoms with van der Waals surface area (Å²) < 4.78 is 0.674. The maximum Gasteiger partial charge on any atom is 0.353 e. The second kappa shape index (κ2) is 5.02. The summed E-state index contributed by atoms with van der Waals surface area (Å²) in [6.07, 6.45) is 0. The van der Waals surface area contributed by atoms with Crippen LogP contribution in [0.5, 0.6) is 0 Å². The number of carbonyl (C=O) groups excluding carboxylic acids is 1. The van der Waals surface area contributed by atoms with E-state index in [1.807, 2.05) is 6.92 Å². The summed E-state index contributed by atoms with van der Waals surface area (Å²) in [7, 11) is 0. The molecule has 1 aromatic heterocycles. The zero-order chi connectivity index (χ0) is 14.4. The Morgan fingerprint density at radius 3 is 2.90 bits per heavy atom. The average molecular weight is 330 g/mol. The maximum absolute atomic E-state index is 11.8. The van der Waals surface area contributed by atoms with E-state index in [1.165, 1.54) is 39.8 Å². The van der Waals surface area contributed by atoms with Gasteiger partial charge >= 0.3 is 5.97 Å². The molecule has 1 saturated heterocycles. The molecule has 0 aliphatic carbocycles. The number of carbonyl (C=O) groups is 2. The van der Waals surface area contributed by atoms with E-state index in [0.29, 0.717) is 15.0 Å². The van der Waals surface area contributed by atoms with Gasteiger partial charge in [0.15, 0.2) is 4.34 Å². The van der Waals surface area contributed by atoms with Gasteiger partial charge in [0.05, 0.1) is 0 Å². The summed E-state index contributed by atoms with van der Waals surface area (Å²) in [5.41, 5.74) is 5.71. The molecule has 2 aliphatic heterocycles. The van der Waals surface area contributed by atoms with E-state index in [1.54, 1.807) is 0 Å². The summed E-state index contributed by atoms with van der Waals surface area (Å²) >= 11 is 4.12. The van der Waals surface area contributed by atoms with Crippen LogP contribution in [-0.2, 0) is 9.59 Å². The summed E-state index contributed by atoms with van der Waals surface area (Å²) in [4.78, 5) is 25.1. The summed E-state index contributed by atoms with van der Waals surface area (Å²) in [6.45, 7) is 1.83. The molecular weight excluding hydrogens is 320 g/mol. The quantitative estimate of drug-likeness (QED) is 0.770. The second-order valence-electron chi connectivity index (χ2n) is 4.20. The smallest absolute Gasteiger partial charge is 0.353 e. The van der Waals surface area contributed by atoms with Crippen LogP contribution in [0.4, 0.5) is 0 Å². The highest BCUT2D eigenvalue weighted by Gasteiger charge is 2.51. The fourth-order valence-electron chi connectivity index (χ4n) is 1.99. The van der Waals surface area contributed by atoms with E-state index in [2.05, 4.69) is 10.2 Å². The molecule has 10 heteroatoms. The molecule has 3 N–H and O–H groups in total. The third-order valence-corrected chi connectivity index (χ3v) is 6.35. The van der Waals surface area contributed by atoms with Crippen molar-refractivity contribution in [2.45, 2.75) is 22.7 Å². The van der Waals surface area contributed by atoms with Crippen molar-refractivity contribution in [2.75, 3.05) is 5.75 Å². The maximum atomic E-state index is 11.8. The van der Waals surface area contributed by atoms with Gasteiger partial charge in [-0.25, -0.2) is 4.79 Å². The summed E-state index contributed by atoms with van der Waals surface area (Å²) in [5.74, 6) is -0.946. The standard InChI is InChI=1S/C10H10N4O3S3/c1-3-12-13-10(19-3)20-4-2-18-8-5(11)7(15)14(8)6(4)9(16)17/h5,8H,2,11H2,1H3,(H,16,17)/t5-,8-/m1/s1. The van der Waals surface area contributed by atoms with Crippen molar-refractivity contribution in [3.63, 3.8) is 0 Å². The van der Waals surface area contributed by atoms with Crippen LogP contribution >= 0.6 is 34.9 Å². The molecule has 0 aromatic carbocycles. The van der Waals surface area contributed by atoms with Gasteiger partial charge in [-0.15, -0.1) is 22.0 Å². The van der Waals surface area contributed by atoms with Crippen molar-refractivity contribution in [3.8, 4) is 0 Å². The predicted octanol–water partition coefficient (Wildman–Crippen LogP) is 0.477. The molecule has 20 heavy (non-hydrogen) atoms. The van der Waals surface area contributed by atoms with E-state index in [4.69, 9.17) is 5.73 Å². The first kappa shape index (κ1) is 13.9. The van der Waals surface area contributed by atoms with Crippen LogP contribution in [0.2, 0.25) is 0 Å². The van der Waals surface area contributed by atoms with Crippen molar-refractivity contribution in [2.24, 2.45) is 5.73 Å². The Kier molecular flexibility index (Phi) is 3.48. The number of carboxylic acids is 1. The molecule has 0 spiro atoms. The lowest BCUT2D eigenvalue weighted by Crippen LogP contribution is -2.68. The van der Waals surface area contributed by atoms with E-state index in [-0.39, 0.29) is 17.0 Å². The lowest BCUT2D eigenvalue weighted by Gasteiger charge is -2.47. The number of amides is 1. The Balaban J connectivity index is 1.94.